The molecule has 0 radical (unpaired) electrons. The van der Waals surface area contributed by atoms with Crippen LogP contribution in [0.1, 0.15) is 10.9 Å². The van der Waals surface area contributed by atoms with Crippen LogP contribution in [0.4, 0.5) is 4.39 Å². The average molecular weight is 432 g/mol. The number of thioether (sulfide) groups is 2. The van der Waals surface area contributed by atoms with Gasteiger partial charge in [-0.25, -0.2) is 4.39 Å². The topological polar surface area (TPSA) is 73.1 Å². The van der Waals surface area contributed by atoms with Crippen LogP contribution in [0.3, 0.4) is 0 Å². The molecule has 10 heteroatoms. The first kappa shape index (κ1) is 19.7. The van der Waals surface area contributed by atoms with E-state index < -0.39 is 0 Å². The number of benzene rings is 2. The van der Waals surface area contributed by atoms with Gasteiger partial charge >= 0.3 is 0 Å². The van der Waals surface area contributed by atoms with E-state index in [4.69, 9.17) is 4.74 Å². The fourth-order valence-corrected chi connectivity index (χ4v) is 5.10. The van der Waals surface area contributed by atoms with Gasteiger partial charge in [-0.1, -0.05) is 30.0 Å². The summed E-state index contributed by atoms with van der Waals surface area (Å²) < 4.78 is 20.9. The van der Waals surface area contributed by atoms with Gasteiger partial charge in [0.1, 0.15) is 16.9 Å². The fourth-order valence-electron chi connectivity index (χ4n) is 3.02. The van der Waals surface area contributed by atoms with Crippen LogP contribution >= 0.6 is 23.5 Å². The van der Waals surface area contributed by atoms with Gasteiger partial charge in [0.2, 0.25) is 11.1 Å². The van der Waals surface area contributed by atoms with Crippen molar-refractivity contribution in [2.24, 2.45) is 0 Å². The number of amides is 1. The summed E-state index contributed by atoms with van der Waals surface area (Å²) in [6.07, 6.45) is 0. The second-order valence-corrected chi connectivity index (χ2v) is 8.32. The van der Waals surface area contributed by atoms with E-state index in [0.717, 1.165) is 17.2 Å². The maximum atomic E-state index is 14.2. The van der Waals surface area contributed by atoms with Gasteiger partial charge < -0.3 is 9.64 Å². The molecule has 1 atom stereocenters. The van der Waals surface area contributed by atoms with Gasteiger partial charge in [-0.2, -0.15) is 4.68 Å². The number of rotatable bonds is 6. The van der Waals surface area contributed by atoms with Gasteiger partial charge in [-0.05, 0) is 40.8 Å². The molecule has 2 heterocycles. The van der Waals surface area contributed by atoms with E-state index in [-0.39, 0.29) is 22.9 Å². The zero-order valence-corrected chi connectivity index (χ0v) is 17.2. The predicted octanol–water partition coefficient (Wildman–Crippen LogP) is 3.18. The lowest BCUT2D eigenvalue weighted by molar-refractivity contribution is -0.128. The van der Waals surface area contributed by atoms with E-state index >= 15 is 0 Å². The lowest BCUT2D eigenvalue weighted by atomic mass is 10.2. The van der Waals surface area contributed by atoms with Crippen molar-refractivity contribution >= 4 is 29.4 Å². The van der Waals surface area contributed by atoms with Gasteiger partial charge in [-0.3, -0.25) is 4.79 Å². The Hall–Kier alpha value is -2.59. The molecule has 7 nitrogen and oxygen atoms in total. The molecule has 0 aliphatic carbocycles. The minimum atomic E-state index is -0.304. The molecule has 1 fully saturated rings. The van der Waals surface area contributed by atoms with E-state index in [0.29, 0.717) is 17.3 Å². The molecule has 29 heavy (non-hydrogen) atoms. The summed E-state index contributed by atoms with van der Waals surface area (Å²) in [5.74, 6) is 1.32. The molecule has 0 saturated carbocycles. The molecule has 3 aromatic rings. The largest absolute Gasteiger partial charge is 0.497 e. The van der Waals surface area contributed by atoms with Crippen molar-refractivity contribution in [2.75, 3.05) is 25.2 Å². The van der Waals surface area contributed by atoms with E-state index in [1.54, 1.807) is 46.7 Å². The molecule has 1 aliphatic heterocycles. The summed E-state index contributed by atoms with van der Waals surface area (Å²) in [6, 6.07) is 13.9. The molecule has 150 valence electrons. The number of tetrazole rings is 1. The number of aromatic nitrogens is 4. The molecule has 1 amide bonds. The monoisotopic (exact) mass is 431 g/mol. The van der Waals surface area contributed by atoms with Gasteiger partial charge in [0.25, 0.3) is 0 Å². The quantitative estimate of drug-likeness (QED) is 0.555. The van der Waals surface area contributed by atoms with Crippen molar-refractivity contribution in [2.45, 2.75) is 10.5 Å². The number of nitrogens with zero attached hydrogens (tertiary/aromatic N) is 5. The molecule has 4 rings (SSSR count). The standard InChI is InChI=1S/C19H18FN5O2S2/c1-27-14-8-6-13(7-9-14)25-19(21-22-23-25)29-12-17(26)24-10-11-28-18(24)15-4-2-3-5-16(15)20/h2-9,18H,10-12H2,1H3. The number of halogens is 1. The molecule has 1 saturated heterocycles. The van der Waals surface area contributed by atoms with E-state index in [9.17, 15) is 9.18 Å². The summed E-state index contributed by atoms with van der Waals surface area (Å²) in [5.41, 5.74) is 1.31. The van der Waals surface area contributed by atoms with E-state index in [1.807, 2.05) is 24.3 Å². The number of carbonyl (C=O) groups excluding carboxylic acids is 1. The molecule has 0 N–H and O–H groups in total. The normalized spacial score (nSPS) is 16.2. The zero-order chi connectivity index (χ0) is 20.2. The summed E-state index contributed by atoms with van der Waals surface area (Å²) in [4.78, 5) is 14.6. The Balaban J connectivity index is 1.45. The molecule has 0 spiro atoms. The predicted molar refractivity (Wildman–Crippen MR) is 110 cm³/mol. The lowest BCUT2D eigenvalue weighted by Gasteiger charge is -2.24. The highest BCUT2D eigenvalue weighted by atomic mass is 32.2. The third-order valence-corrected chi connectivity index (χ3v) is 6.61. The van der Waals surface area contributed by atoms with Crippen LogP contribution in [0, 0.1) is 5.82 Å². The number of hydrogen-bond donors (Lipinski definition) is 0. The van der Waals surface area contributed by atoms with E-state index in [2.05, 4.69) is 15.5 Å². The highest BCUT2D eigenvalue weighted by molar-refractivity contribution is 8.00. The van der Waals surface area contributed by atoms with Crippen molar-refractivity contribution in [1.82, 2.24) is 25.1 Å². The Morgan fingerprint density at radius 1 is 1.28 bits per heavy atom. The molecule has 2 aromatic carbocycles. The minimum absolute atomic E-state index is 0.0717. The highest BCUT2D eigenvalue weighted by Gasteiger charge is 2.32. The summed E-state index contributed by atoms with van der Waals surface area (Å²) in [6.45, 7) is 0.590. The van der Waals surface area contributed by atoms with Crippen LogP contribution in [-0.4, -0.2) is 56.2 Å². The summed E-state index contributed by atoms with van der Waals surface area (Å²) >= 11 is 2.83. The van der Waals surface area contributed by atoms with Crippen LogP contribution in [0.2, 0.25) is 0 Å². The van der Waals surface area contributed by atoms with Crippen LogP contribution in [-0.2, 0) is 4.79 Å². The smallest absolute Gasteiger partial charge is 0.234 e. The molecular weight excluding hydrogens is 413 g/mol. The van der Waals surface area contributed by atoms with Crippen molar-refractivity contribution in [1.29, 1.82) is 0 Å². The highest BCUT2D eigenvalue weighted by Crippen LogP contribution is 2.39. The Kier molecular flexibility index (Phi) is 6.00. The van der Waals surface area contributed by atoms with Crippen LogP contribution in [0.25, 0.3) is 5.69 Å². The fraction of sp³-hybridized carbons (Fsp3) is 0.263. The Morgan fingerprint density at radius 3 is 2.83 bits per heavy atom. The van der Waals surface area contributed by atoms with Crippen molar-refractivity contribution in [3.63, 3.8) is 0 Å². The number of methoxy groups -OCH3 is 1. The molecule has 1 unspecified atom stereocenters. The Morgan fingerprint density at radius 2 is 2.07 bits per heavy atom. The van der Waals surface area contributed by atoms with Crippen LogP contribution in [0.5, 0.6) is 5.75 Å². The third-order valence-electron chi connectivity index (χ3n) is 4.47. The maximum absolute atomic E-state index is 14.2. The molecule has 1 aliphatic rings. The average Bonchev–Trinajstić information content (AvgIpc) is 3.42. The van der Waals surface area contributed by atoms with Gasteiger partial charge in [-0.15, -0.1) is 16.9 Å². The first-order valence-electron chi connectivity index (χ1n) is 8.88. The SMILES string of the molecule is COc1ccc(-n2nnnc2SCC(=O)N2CCSC2c2ccccc2F)cc1. The lowest BCUT2D eigenvalue weighted by Crippen LogP contribution is -2.32. The summed E-state index contributed by atoms with van der Waals surface area (Å²) in [5, 5.41) is 12.0. The van der Waals surface area contributed by atoms with Crippen molar-refractivity contribution in [3.8, 4) is 11.4 Å². The first-order valence-corrected chi connectivity index (χ1v) is 10.9. The van der Waals surface area contributed by atoms with Gasteiger partial charge in [0, 0.05) is 17.9 Å². The van der Waals surface area contributed by atoms with E-state index in [1.165, 1.54) is 17.8 Å². The Labute approximate surface area is 175 Å². The molecular formula is C19H18FN5O2S2. The number of ether oxygens (including phenoxy) is 1. The number of hydrogen-bond acceptors (Lipinski definition) is 7. The van der Waals surface area contributed by atoms with Crippen molar-refractivity contribution < 1.29 is 13.9 Å². The molecule has 1 aromatic heterocycles. The maximum Gasteiger partial charge on any atom is 0.234 e. The Bertz CT molecular complexity index is 998. The van der Waals surface area contributed by atoms with Crippen LogP contribution in [0.15, 0.2) is 53.7 Å². The number of carbonyl (C=O) groups is 1. The first-order chi connectivity index (χ1) is 14.2. The summed E-state index contributed by atoms with van der Waals surface area (Å²) in [7, 11) is 1.60. The van der Waals surface area contributed by atoms with Gasteiger partial charge in [0.05, 0.1) is 18.6 Å². The minimum Gasteiger partial charge on any atom is -0.497 e. The molecule has 0 bridgehead atoms. The zero-order valence-electron chi connectivity index (χ0n) is 15.6. The van der Waals surface area contributed by atoms with Crippen LogP contribution < -0.4 is 4.74 Å². The van der Waals surface area contributed by atoms with Gasteiger partial charge in [0.15, 0.2) is 0 Å². The third kappa shape index (κ3) is 4.23. The van der Waals surface area contributed by atoms with Crippen molar-refractivity contribution in [3.05, 3.63) is 59.9 Å². The second-order valence-electron chi connectivity index (χ2n) is 6.19. The second kappa shape index (κ2) is 8.83.